The monoisotopic (exact) mass is 275 g/mol. The number of nitro groups is 1. The summed E-state index contributed by atoms with van der Waals surface area (Å²) in [6.07, 6.45) is 0. The molecule has 0 spiro atoms. The second-order valence-electron chi connectivity index (χ2n) is 2.72. The van der Waals surface area contributed by atoms with Crippen molar-refractivity contribution in [3.05, 3.63) is 39.9 Å². The van der Waals surface area contributed by atoms with Crippen molar-refractivity contribution in [2.45, 2.75) is 6.61 Å². The number of alkyl halides is 1. The van der Waals surface area contributed by atoms with Crippen LogP contribution in [-0.2, 0) is 16.1 Å². The van der Waals surface area contributed by atoms with Crippen molar-refractivity contribution < 1.29 is 14.5 Å². The maximum Gasteiger partial charge on any atom is 0.316 e. The van der Waals surface area contributed by atoms with E-state index >= 15 is 0 Å². The average molecular weight is 276 g/mol. The van der Waals surface area contributed by atoms with Crippen LogP contribution in [0.25, 0.3) is 0 Å². The van der Waals surface area contributed by atoms with Gasteiger partial charge in [-0.25, -0.2) is 0 Å². The fourth-order valence-electron chi connectivity index (χ4n) is 0.916. The standard InChI is InChI=1S/C9H8BrNO4/c10-5-9(12)15-6-7-1-3-8(4-2-7)11(13)14/h1-4H,5-6H2/i5+1,9+1. The first-order valence-electron chi connectivity index (χ1n) is 4.08. The molecule has 1 aromatic carbocycles. The van der Waals surface area contributed by atoms with Crippen molar-refractivity contribution >= 4 is 27.6 Å². The Balaban J connectivity index is 2.57. The molecule has 5 nitrogen and oxygen atoms in total. The smallest absolute Gasteiger partial charge is 0.316 e. The third kappa shape index (κ3) is 3.67. The van der Waals surface area contributed by atoms with Crippen LogP contribution < -0.4 is 0 Å². The lowest BCUT2D eigenvalue weighted by atomic mass is 10.2. The summed E-state index contributed by atoms with van der Waals surface area (Å²) < 4.78 is 4.82. The molecule has 0 atom stereocenters. The maximum atomic E-state index is 10.8. The quantitative estimate of drug-likeness (QED) is 0.277. The van der Waals surface area contributed by atoms with Gasteiger partial charge in [0.25, 0.3) is 5.69 Å². The number of carbonyl (C=O) groups is 1. The van der Waals surface area contributed by atoms with E-state index in [-0.39, 0.29) is 23.6 Å². The lowest BCUT2D eigenvalue weighted by Gasteiger charge is -2.02. The molecule has 0 aromatic heterocycles. The van der Waals surface area contributed by atoms with Crippen LogP contribution in [0, 0.1) is 10.1 Å². The molecule has 0 saturated heterocycles. The van der Waals surface area contributed by atoms with Crippen molar-refractivity contribution in [2.75, 3.05) is 5.33 Å². The summed E-state index contributed by atoms with van der Waals surface area (Å²) in [5, 5.41) is 10.5. The second-order valence-corrected chi connectivity index (χ2v) is 3.28. The number of esters is 1. The minimum Gasteiger partial charge on any atom is -0.460 e. The molecular weight excluding hydrogens is 268 g/mol. The van der Waals surface area contributed by atoms with Gasteiger partial charge in [0.1, 0.15) is 11.9 Å². The van der Waals surface area contributed by atoms with Gasteiger partial charge in [-0.2, -0.15) is 0 Å². The minimum atomic E-state index is -0.478. The van der Waals surface area contributed by atoms with Crippen molar-refractivity contribution in [1.29, 1.82) is 0 Å². The van der Waals surface area contributed by atoms with Crippen LogP contribution in [0.5, 0.6) is 0 Å². The van der Waals surface area contributed by atoms with E-state index in [0.29, 0.717) is 0 Å². The Bertz CT molecular complexity index is 363. The number of halogens is 1. The van der Waals surface area contributed by atoms with Crippen molar-refractivity contribution in [1.82, 2.24) is 0 Å². The summed E-state index contributed by atoms with van der Waals surface area (Å²) in [6, 6.07) is 5.86. The largest absolute Gasteiger partial charge is 0.460 e. The summed E-state index contributed by atoms with van der Waals surface area (Å²) in [6.45, 7) is 0.127. The zero-order valence-electron chi connectivity index (χ0n) is 7.68. The first-order chi connectivity index (χ1) is 7.13. The van der Waals surface area contributed by atoms with Gasteiger partial charge < -0.3 is 4.74 Å². The highest BCUT2D eigenvalue weighted by Crippen LogP contribution is 2.12. The van der Waals surface area contributed by atoms with Gasteiger partial charge in [0.05, 0.1) is 4.92 Å². The molecule has 0 bridgehead atoms. The van der Waals surface area contributed by atoms with Gasteiger partial charge in [0.15, 0.2) is 0 Å². The predicted octanol–water partition coefficient (Wildman–Crippen LogP) is 2.03. The number of non-ortho nitro benzene ring substituents is 1. The van der Waals surface area contributed by atoms with E-state index in [9.17, 15) is 14.9 Å². The van der Waals surface area contributed by atoms with Crippen molar-refractivity contribution in [3.8, 4) is 0 Å². The number of benzene rings is 1. The molecule has 0 saturated carbocycles. The van der Waals surface area contributed by atoms with Crippen LogP contribution in [0.1, 0.15) is 5.56 Å². The molecule has 0 N–H and O–H groups in total. The highest BCUT2D eigenvalue weighted by atomic mass is 79.9. The highest BCUT2D eigenvalue weighted by Gasteiger charge is 2.05. The molecular formula is C9H8BrNO4. The van der Waals surface area contributed by atoms with Crippen LogP contribution in [-0.4, -0.2) is 16.2 Å². The van der Waals surface area contributed by atoms with Crippen LogP contribution in [0.4, 0.5) is 5.69 Å². The first kappa shape index (κ1) is 11.6. The second kappa shape index (κ2) is 5.45. The third-order valence-electron chi connectivity index (χ3n) is 1.66. The minimum absolute atomic E-state index is 0.0190. The number of carbonyl (C=O) groups excluding carboxylic acids is 1. The van der Waals surface area contributed by atoms with Gasteiger partial charge in [-0.1, -0.05) is 15.9 Å². The Kier molecular flexibility index (Phi) is 4.23. The Morgan fingerprint density at radius 1 is 1.40 bits per heavy atom. The summed E-state index contributed by atoms with van der Waals surface area (Å²) in [7, 11) is 0. The van der Waals surface area contributed by atoms with Gasteiger partial charge in [-0.15, -0.1) is 0 Å². The van der Waals surface area contributed by atoms with Gasteiger partial charge >= 0.3 is 5.97 Å². The maximum absolute atomic E-state index is 10.8. The zero-order valence-corrected chi connectivity index (χ0v) is 9.27. The molecule has 0 aliphatic rings. The molecule has 0 aliphatic heterocycles. The van der Waals surface area contributed by atoms with Crippen LogP contribution >= 0.6 is 15.9 Å². The number of hydrogen-bond donors (Lipinski definition) is 0. The predicted molar refractivity (Wildman–Crippen MR) is 56.7 cm³/mol. The molecule has 0 heterocycles. The highest BCUT2D eigenvalue weighted by molar-refractivity contribution is 9.09. The first-order valence-corrected chi connectivity index (χ1v) is 5.20. The van der Waals surface area contributed by atoms with Gasteiger partial charge in [-0.05, 0) is 17.7 Å². The number of nitrogens with zero attached hydrogens (tertiary/aromatic N) is 1. The summed E-state index contributed by atoms with van der Waals surface area (Å²) in [4.78, 5) is 20.6. The molecule has 1 rings (SSSR count). The molecule has 80 valence electrons. The summed E-state index contributed by atoms with van der Waals surface area (Å²) in [5.41, 5.74) is 0.737. The fraction of sp³-hybridized carbons (Fsp3) is 0.222. The Morgan fingerprint density at radius 3 is 2.47 bits per heavy atom. The van der Waals surface area contributed by atoms with E-state index in [1.54, 1.807) is 12.1 Å². The van der Waals surface area contributed by atoms with Gasteiger partial charge in [0.2, 0.25) is 0 Å². The lowest BCUT2D eigenvalue weighted by molar-refractivity contribution is -0.384. The zero-order chi connectivity index (χ0) is 11.3. The molecule has 0 fully saturated rings. The molecule has 0 unspecified atom stereocenters. The van der Waals surface area contributed by atoms with Crippen molar-refractivity contribution in [2.24, 2.45) is 0 Å². The van der Waals surface area contributed by atoms with E-state index in [1.165, 1.54) is 12.1 Å². The Labute approximate surface area is 94.3 Å². The van der Waals surface area contributed by atoms with E-state index < -0.39 is 4.92 Å². The average Bonchev–Trinajstić information content (AvgIpc) is 2.26. The van der Waals surface area contributed by atoms with E-state index in [1.807, 2.05) is 0 Å². The van der Waals surface area contributed by atoms with Gasteiger partial charge in [0, 0.05) is 12.1 Å². The van der Waals surface area contributed by atoms with E-state index in [2.05, 4.69) is 15.9 Å². The number of ether oxygens (including phenoxy) is 1. The van der Waals surface area contributed by atoms with Gasteiger partial charge in [-0.3, -0.25) is 14.9 Å². The molecule has 6 heteroatoms. The number of rotatable bonds is 4. The Hall–Kier alpha value is -1.43. The SMILES string of the molecule is O=[13C]([13CH2]Br)OCc1ccc([N+](=O)[O-])cc1. The number of nitro benzene ring substituents is 1. The van der Waals surface area contributed by atoms with Crippen LogP contribution in [0.2, 0.25) is 0 Å². The number of hydrogen-bond acceptors (Lipinski definition) is 4. The van der Waals surface area contributed by atoms with E-state index in [0.717, 1.165) is 5.56 Å². The lowest BCUT2D eigenvalue weighted by Crippen LogP contribution is -2.05. The summed E-state index contributed by atoms with van der Waals surface area (Å²) >= 11 is 2.96. The molecule has 1 aromatic rings. The van der Waals surface area contributed by atoms with Crippen molar-refractivity contribution in [3.63, 3.8) is 0 Å². The van der Waals surface area contributed by atoms with E-state index in [4.69, 9.17) is 4.74 Å². The molecule has 0 radical (unpaired) electrons. The Morgan fingerprint density at radius 2 is 2.00 bits per heavy atom. The summed E-state index contributed by atoms with van der Waals surface area (Å²) in [5.74, 6) is -0.367. The normalized spacial score (nSPS) is 9.67. The topological polar surface area (TPSA) is 69.4 Å². The van der Waals surface area contributed by atoms with Crippen LogP contribution in [0.3, 0.4) is 0 Å². The fourth-order valence-corrected chi connectivity index (χ4v) is 1.08. The molecule has 0 aliphatic carbocycles. The molecule has 15 heavy (non-hydrogen) atoms. The molecule has 0 amide bonds. The third-order valence-corrected chi connectivity index (χ3v) is 2.11. The van der Waals surface area contributed by atoms with Crippen LogP contribution in [0.15, 0.2) is 24.3 Å².